The van der Waals surface area contributed by atoms with Crippen molar-refractivity contribution in [3.63, 3.8) is 0 Å². The Morgan fingerprint density at radius 3 is 2.50 bits per heavy atom. The summed E-state index contributed by atoms with van der Waals surface area (Å²) in [5.74, 6) is -0.261. The fourth-order valence-electron chi connectivity index (χ4n) is 4.52. The van der Waals surface area contributed by atoms with Crippen LogP contribution in [0.25, 0.3) is 22.3 Å². The van der Waals surface area contributed by atoms with Crippen LogP contribution in [-0.4, -0.2) is 57.8 Å². The summed E-state index contributed by atoms with van der Waals surface area (Å²) >= 11 is 0. The van der Waals surface area contributed by atoms with Crippen LogP contribution in [0.4, 0.5) is 10.2 Å². The predicted octanol–water partition coefficient (Wildman–Crippen LogP) is 3.18. The number of nitrogen functional groups attached to an aromatic ring is 1. The normalized spacial score (nSPS) is 14.1. The van der Waals surface area contributed by atoms with Gasteiger partial charge in [0, 0.05) is 19.2 Å². The van der Waals surface area contributed by atoms with E-state index in [0.717, 1.165) is 25.2 Å². The lowest BCUT2D eigenvalue weighted by molar-refractivity contribution is 0.141. The van der Waals surface area contributed by atoms with Crippen molar-refractivity contribution >= 4 is 17.0 Å². The maximum atomic E-state index is 15.1. The van der Waals surface area contributed by atoms with E-state index in [0.29, 0.717) is 23.3 Å². The molecule has 0 spiro atoms. The minimum atomic E-state index is -0.418. The van der Waals surface area contributed by atoms with Crippen LogP contribution in [0.5, 0.6) is 6.01 Å². The van der Waals surface area contributed by atoms with Crippen molar-refractivity contribution in [3.05, 3.63) is 69.9 Å². The molecular formula is C26H29FN6O3. The highest BCUT2D eigenvalue weighted by atomic mass is 19.1. The van der Waals surface area contributed by atoms with Gasteiger partial charge in [0.15, 0.2) is 11.5 Å². The van der Waals surface area contributed by atoms with Gasteiger partial charge in [0.2, 0.25) is 0 Å². The van der Waals surface area contributed by atoms with Crippen molar-refractivity contribution in [1.82, 2.24) is 24.4 Å². The Balaban J connectivity index is 1.36. The molecule has 188 valence electrons. The van der Waals surface area contributed by atoms with Crippen LogP contribution in [0.1, 0.15) is 24.0 Å². The summed E-state index contributed by atoms with van der Waals surface area (Å²) in [6.45, 7) is 3.90. The number of benzene rings is 2. The van der Waals surface area contributed by atoms with Crippen LogP contribution in [0.2, 0.25) is 0 Å². The van der Waals surface area contributed by atoms with Crippen LogP contribution in [-0.2, 0) is 17.8 Å². The standard InChI is InChI=1S/C26H29FN6O3/c1-35-12-13-36-25-30-23(28)22-24(31-25)33(26(34)29-22)16-18-6-9-20(21(27)14-18)19-7-4-17(5-8-19)15-32-10-2-3-11-32/h4-9,14H,2-3,10-13,15-16H2,1H3,(H,29,34)(H2,28,30,31). The van der Waals surface area contributed by atoms with Crippen LogP contribution in [0.3, 0.4) is 0 Å². The van der Waals surface area contributed by atoms with E-state index in [4.69, 9.17) is 15.2 Å². The number of nitrogens with two attached hydrogens (primary N) is 1. The maximum absolute atomic E-state index is 15.1. The monoisotopic (exact) mass is 492 g/mol. The van der Waals surface area contributed by atoms with Crippen molar-refractivity contribution in [2.75, 3.05) is 39.1 Å². The SMILES string of the molecule is COCCOc1nc(N)c2[nH]c(=O)n(Cc3ccc(-c4ccc(CN5CCCC5)cc4)c(F)c3)c2n1. The van der Waals surface area contributed by atoms with E-state index in [9.17, 15) is 4.79 Å². The second kappa shape index (κ2) is 10.5. The fraction of sp³-hybridized carbons (Fsp3) is 0.346. The average Bonchev–Trinajstić information content (AvgIpc) is 3.49. The number of H-pyrrole nitrogens is 1. The molecule has 0 saturated carbocycles. The zero-order valence-corrected chi connectivity index (χ0v) is 20.2. The van der Waals surface area contributed by atoms with E-state index < -0.39 is 5.69 Å². The lowest BCUT2D eigenvalue weighted by Crippen LogP contribution is -2.18. The quantitative estimate of drug-likeness (QED) is 0.345. The molecule has 2 aromatic carbocycles. The second-order valence-electron chi connectivity index (χ2n) is 8.94. The van der Waals surface area contributed by atoms with Gasteiger partial charge in [0.05, 0.1) is 13.2 Å². The number of aromatic amines is 1. The molecule has 10 heteroatoms. The van der Waals surface area contributed by atoms with E-state index in [2.05, 4.69) is 32.0 Å². The highest BCUT2D eigenvalue weighted by molar-refractivity contribution is 5.82. The number of likely N-dealkylation sites (tertiary alicyclic amines) is 1. The molecule has 5 rings (SSSR count). The molecule has 0 bridgehead atoms. The molecular weight excluding hydrogens is 463 g/mol. The van der Waals surface area contributed by atoms with Crippen LogP contribution in [0, 0.1) is 5.82 Å². The number of anilines is 1. The number of rotatable bonds is 9. The molecule has 0 radical (unpaired) electrons. The molecule has 9 nitrogen and oxygen atoms in total. The van der Waals surface area contributed by atoms with Gasteiger partial charge in [0.25, 0.3) is 0 Å². The molecule has 0 aliphatic carbocycles. The maximum Gasteiger partial charge on any atom is 0.328 e. The van der Waals surface area contributed by atoms with Gasteiger partial charge in [-0.1, -0.05) is 36.4 Å². The number of ether oxygens (including phenoxy) is 2. The van der Waals surface area contributed by atoms with E-state index >= 15 is 4.39 Å². The van der Waals surface area contributed by atoms with E-state index in [1.807, 2.05) is 18.2 Å². The lowest BCUT2D eigenvalue weighted by Gasteiger charge is -2.15. The number of fused-ring (bicyclic) bond motifs is 1. The largest absolute Gasteiger partial charge is 0.461 e. The smallest absolute Gasteiger partial charge is 0.328 e. The molecule has 3 heterocycles. The first-order valence-electron chi connectivity index (χ1n) is 12.0. The number of halogens is 1. The molecule has 4 aromatic rings. The van der Waals surface area contributed by atoms with Crippen molar-refractivity contribution < 1.29 is 13.9 Å². The zero-order valence-electron chi connectivity index (χ0n) is 20.2. The topological polar surface area (TPSA) is 111 Å². The Kier molecular flexibility index (Phi) is 6.97. The predicted molar refractivity (Wildman–Crippen MR) is 135 cm³/mol. The minimum absolute atomic E-state index is 0.0412. The molecule has 0 amide bonds. The Hall–Kier alpha value is -3.76. The molecule has 3 N–H and O–H groups in total. The number of nitrogens with zero attached hydrogens (tertiary/aromatic N) is 4. The van der Waals surface area contributed by atoms with Crippen LogP contribution in [0.15, 0.2) is 47.3 Å². The fourth-order valence-corrected chi connectivity index (χ4v) is 4.52. The number of methoxy groups -OCH3 is 1. The van der Waals surface area contributed by atoms with E-state index in [1.54, 1.807) is 13.2 Å². The van der Waals surface area contributed by atoms with Gasteiger partial charge in [0.1, 0.15) is 17.9 Å². The van der Waals surface area contributed by atoms with Gasteiger partial charge in [-0.25, -0.2) is 9.18 Å². The third-order valence-corrected chi connectivity index (χ3v) is 6.39. The number of hydrogen-bond donors (Lipinski definition) is 2. The summed E-state index contributed by atoms with van der Waals surface area (Å²) in [5.41, 5.74) is 9.34. The Bertz CT molecular complexity index is 1410. The first-order valence-corrected chi connectivity index (χ1v) is 12.0. The Labute approximate surface area is 207 Å². The first-order chi connectivity index (χ1) is 17.5. The summed E-state index contributed by atoms with van der Waals surface area (Å²) in [6.07, 6.45) is 2.51. The summed E-state index contributed by atoms with van der Waals surface area (Å²) in [6, 6.07) is 13.1. The van der Waals surface area contributed by atoms with Gasteiger partial charge in [-0.2, -0.15) is 9.97 Å². The Morgan fingerprint density at radius 1 is 1.03 bits per heavy atom. The van der Waals surface area contributed by atoms with E-state index in [-0.39, 0.29) is 36.4 Å². The third-order valence-electron chi connectivity index (χ3n) is 6.39. The Morgan fingerprint density at radius 2 is 1.78 bits per heavy atom. The van der Waals surface area contributed by atoms with Gasteiger partial charge in [-0.3, -0.25) is 9.47 Å². The molecule has 1 fully saturated rings. The summed E-state index contributed by atoms with van der Waals surface area (Å²) < 4.78 is 26.9. The van der Waals surface area contributed by atoms with Gasteiger partial charge in [-0.15, -0.1) is 0 Å². The number of hydrogen-bond acceptors (Lipinski definition) is 7. The van der Waals surface area contributed by atoms with Gasteiger partial charge >= 0.3 is 11.7 Å². The number of aromatic nitrogens is 4. The van der Waals surface area contributed by atoms with Gasteiger partial charge < -0.3 is 20.2 Å². The number of nitrogens with one attached hydrogen (secondary N) is 1. The molecule has 1 aliphatic heterocycles. The van der Waals surface area contributed by atoms with Crippen LogP contribution >= 0.6 is 0 Å². The highest BCUT2D eigenvalue weighted by Crippen LogP contribution is 2.26. The molecule has 0 unspecified atom stereocenters. The minimum Gasteiger partial charge on any atom is -0.461 e. The lowest BCUT2D eigenvalue weighted by atomic mass is 10.0. The highest BCUT2D eigenvalue weighted by Gasteiger charge is 2.16. The van der Waals surface area contributed by atoms with Crippen LogP contribution < -0.4 is 16.2 Å². The second-order valence-corrected chi connectivity index (χ2v) is 8.94. The molecule has 2 aromatic heterocycles. The zero-order chi connectivity index (χ0) is 25.1. The van der Waals surface area contributed by atoms with Gasteiger partial charge in [-0.05, 0) is 48.7 Å². The summed E-state index contributed by atoms with van der Waals surface area (Å²) in [5, 5.41) is 0. The molecule has 1 saturated heterocycles. The number of imidazole rings is 1. The molecule has 1 aliphatic rings. The van der Waals surface area contributed by atoms with E-state index in [1.165, 1.54) is 29.0 Å². The van der Waals surface area contributed by atoms with Crippen molar-refractivity contribution in [2.45, 2.75) is 25.9 Å². The summed E-state index contributed by atoms with van der Waals surface area (Å²) in [7, 11) is 1.56. The molecule has 36 heavy (non-hydrogen) atoms. The first kappa shape index (κ1) is 24.0. The third kappa shape index (κ3) is 5.09. The summed E-state index contributed by atoms with van der Waals surface area (Å²) in [4.78, 5) is 26.1. The molecule has 0 atom stereocenters. The van der Waals surface area contributed by atoms with Crippen molar-refractivity contribution in [3.8, 4) is 17.1 Å². The van der Waals surface area contributed by atoms with Crippen molar-refractivity contribution in [1.29, 1.82) is 0 Å². The average molecular weight is 493 g/mol. The van der Waals surface area contributed by atoms with Crippen molar-refractivity contribution in [2.24, 2.45) is 0 Å².